The number of halogens is 2. The SMILES string of the molecule is CC(NS(=O)(=O)c1ccc(Br)cc1Br)C1CCOCC1. The summed E-state index contributed by atoms with van der Waals surface area (Å²) < 4.78 is 34.3. The van der Waals surface area contributed by atoms with Crippen LogP contribution in [0.3, 0.4) is 0 Å². The second kappa shape index (κ2) is 6.87. The summed E-state index contributed by atoms with van der Waals surface area (Å²) in [5.41, 5.74) is 0. The molecule has 0 amide bonds. The minimum absolute atomic E-state index is 0.0977. The van der Waals surface area contributed by atoms with Gasteiger partial charge in [0.25, 0.3) is 0 Å². The summed E-state index contributed by atoms with van der Waals surface area (Å²) in [7, 11) is -3.51. The lowest BCUT2D eigenvalue weighted by Crippen LogP contribution is -2.40. The van der Waals surface area contributed by atoms with Crippen molar-refractivity contribution in [1.29, 1.82) is 0 Å². The maximum absolute atomic E-state index is 12.4. The molecule has 1 aliphatic rings. The highest BCUT2D eigenvalue weighted by Crippen LogP contribution is 2.27. The van der Waals surface area contributed by atoms with E-state index in [4.69, 9.17) is 4.74 Å². The van der Waals surface area contributed by atoms with E-state index in [0.29, 0.717) is 23.6 Å². The first-order valence-corrected chi connectivity index (χ1v) is 9.52. The quantitative estimate of drug-likeness (QED) is 0.803. The first-order chi connectivity index (χ1) is 9.40. The van der Waals surface area contributed by atoms with Gasteiger partial charge in [0.2, 0.25) is 10.0 Å². The maximum atomic E-state index is 12.4. The predicted molar refractivity (Wildman–Crippen MR) is 85.2 cm³/mol. The number of rotatable bonds is 4. The Morgan fingerprint density at radius 3 is 2.55 bits per heavy atom. The van der Waals surface area contributed by atoms with Crippen molar-refractivity contribution in [3.8, 4) is 0 Å². The van der Waals surface area contributed by atoms with Gasteiger partial charge in [0.15, 0.2) is 0 Å². The van der Waals surface area contributed by atoms with E-state index in [0.717, 1.165) is 17.3 Å². The number of nitrogens with one attached hydrogen (secondary N) is 1. The first-order valence-electron chi connectivity index (χ1n) is 6.45. The van der Waals surface area contributed by atoms with Crippen LogP contribution in [0.15, 0.2) is 32.0 Å². The third-order valence-corrected chi connectivity index (χ3v) is 6.53. The highest BCUT2D eigenvalue weighted by Gasteiger charge is 2.26. The Hall–Kier alpha value is 0.0500. The Bertz CT molecular complexity index is 571. The van der Waals surface area contributed by atoms with Gasteiger partial charge in [-0.1, -0.05) is 15.9 Å². The first kappa shape index (κ1) is 16.4. The molecule has 2 rings (SSSR count). The molecule has 0 aromatic heterocycles. The van der Waals surface area contributed by atoms with Crippen LogP contribution in [0.4, 0.5) is 0 Å². The number of hydrogen-bond donors (Lipinski definition) is 1. The van der Waals surface area contributed by atoms with Crippen LogP contribution in [-0.2, 0) is 14.8 Å². The fourth-order valence-electron chi connectivity index (χ4n) is 2.31. The van der Waals surface area contributed by atoms with Crippen LogP contribution < -0.4 is 4.72 Å². The van der Waals surface area contributed by atoms with Gasteiger partial charge >= 0.3 is 0 Å². The number of benzene rings is 1. The smallest absolute Gasteiger partial charge is 0.241 e. The largest absolute Gasteiger partial charge is 0.381 e. The summed E-state index contributed by atoms with van der Waals surface area (Å²) in [4.78, 5) is 0.264. The molecular weight excluding hydrogens is 410 g/mol. The zero-order valence-corrected chi connectivity index (χ0v) is 15.1. The van der Waals surface area contributed by atoms with Gasteiger partial charge in [0.05, 0.1) is 4.90 Å². The normalized spacial score (nSPS) is 18.9. The summed E-state index contributed by atoms with van der Waals surface area (Å²) >= 11 is 6.62. The van der Waals surface area contributed by atoms with E-state index in [2.05, 4.69) is 36.6 Å². The Labute approximate surface area is 136 Å². The van der Waals surface area contributed by atoms with Gasteiger partial charge in [-0.3, -0.25) is 0 Å². The molecule has 0 radical (unpaired) electrons. The van der Waals surface area contributed by atoms with Crippen molar-refractivity contribution >= 4 is 41.9 Å². The van der Waals surface area contributed by atoms with Crippen LogP contribution in [0.2, 0.25) is 0 Å². The third-order valence-electron chi connectivity index (χ3n) is 3.50. The summed E-state index contributed by atoms with van der Waals surface area (Å²) in [6.07, 6.45) is 1.79. The number of sulfonamides is 1. The molecule has 1 heterocycles. The van der Waals surface area contributed by atoms with Gasteiger partial charge in [-0.05, 0) is 59.8 Å². The highest BCUT2D eigenvalue weighted by atomic mass is 79.9. The molecular formula is C13H17Br2NO3S. The summed E-state index contributed by atoms with van der Waals surface area (Å²) in [5.74, 6) is 0.327. The van der Waals surface area contributed by atoms with E-state index in [1.54, 1.807) is 18.2 Å². The standard InChI is InChI=1S/C13H17Br2NO3S/c1-9(10-4-6-19-7-5-10)16-20(17,18)13-3-2-11(14)8-12(13)15/h2-3,8-10,16H,4-7H2,1H3. The Morgan fingerprint density at radius 1 is 1.30 bits per heavy atom. The Balaban J connectivity index is 2.13. The highest BCUT2D eigenvalue weighted by molar-refractivity contribution is 9.11. The lowest BCUT2D eigenvalue weighted by Gasteiger charge is -2.28. The lowest BCUT2D eigenvalue weighted by atomic mass is 9.94. The van der Waals surface area contributed by atoms with Crippen molar-refractivity contribution < 1.29 is 13.2 Å². The molecule has 0 aliphatic carbocycles. The second-order valence-electron chi connectivity index (χ2n) is 4.93. The summed E-state index contributed by atoms with van der Waals surface area (Å²) in [6.45, 7) is 3.33. The minimum Gasteiger partial charge on any atom is -0.381 e. The molecule has 112 valence electrons. The van der Waals surface area contributed by atoms with E-state index in [1.165, 1.54) is 0 Å². The fourth-order valence-corrected chi connectivity index (χ4v) is 5.37. The van der Waals surface area contributed by atoms with Crippen molar-refractivity contribution in [2.45, 2.75) is 30.7 Å². The van der Waals surface area contributed by atoms with Crippen LogP contribution in [-0.4, -0.2) is 27.7 Å². The van der Waals surface area contributed by atoms with Gasteiger partial charge in [0, 0.05) is 28.2 Å². The topological polar surface area (TPSA) is 55.4 Å². The molecule has 1 N–H and O–H groups in total. The minimum atomic E-state index is -3.51. The molecule has 4 nitrogen and oxygen atoms in total. The van der Waals surface area contributed by atoms with Gasteiger partial charge in [-0.2, -0.15) is 0 Å². The second-order valence-corrected chi connectivity index (χ2v) is 8.39. The molecule has 0 saturated carbocycles. The molecule has 1 aliphatic heterocycles. The zero-order chi connectivity index (χ0) is 14.8. The zero-order valence-electron chi connectivity index (χ0n) is 11.1. The lowest BCUT2D eigenvalue weighted by molar-refractivity contribution is 0.0585. The van der Waals surface area contributed by atoms with E-state index in [9.17, 15) is 8.42 Å². The molecule has 1 saturated heterocycles. The van der Waals surface area contributed by atoms with E-state index < -0.39 is 10.0 Å². The van der Waals surface area contributed by atoms with E-state index >= 15 is 0 Å². The van der Waals surface area contributed by atoms with Crippen molar-refractivity contribution in [3.63, 3.8) is 0 Å². The average molecular weight is 427 g/mol. The predicted octanol–water partition coefficient (Wildman–Crippen LogP) is 3.31. The molecule has 1 aromatic rings. The fraction of sp³-hybridized carbons (Fsp3) is 0.538. The molecule has 7 heteroatoms. The third kappa shape index (κ3) is 4.04. The van der Waals surface area contributed by atoms with Crippen LogP contribution in [0.1, 0.15) is 19.8 Å². The molecule has 1 atom stereocenters. The van der Waals surface area contributed by atoms with Gasteiger partial charge in [-0.25, -0.2) is 13.1 Å². The van der Waals surface area contributed by atoms with Crippen LogP contribution in [0, 0.1) is 5.92 Å². The monoisotopic (exact) mass is 425 g/mol. The van der Waals surface area contributed by atoms with E-state index in [1.807, 2.05) is 6.92 Å². The number of hydrogen-bond acceptors (Lipinski definition) is 3. The average Bonchev–Trinajstić information content (AvgIpc) is 2.38. The molecule has 0 spiro atoms. The van der Waals surface area contributed by atoms with Crippen molar-refractivity contribution in [1.82, 2.24) is 4.72 Å². The molecule has 20 heavy (non-hydrogen) atoms. The van der Waals surface area contributed by atoms with Gasteiger partial charge < -0.3 is 4.74 Å². The van der Waals surface area contributed by atoms with Crippen molar-refractivity contribution in [2.75, 3.05) is 13.2 Å². The van der Waals surface area contributed by atoms with Crippen LogP contribution >= 0.6 is 31.9 Å². The summed E-state index contributed by atoms with van der Waals surface area (Å²) in [6, 6.07) is 4.94. The van der Waals surface area contributed by atoms with Gasteiger partial charge in [0.1, 0.15) is 0 Å². The van der Waals surface area contributed by atoms with Crippen LogP contribution in [0.5, 0.6) is 0 Å². The molecule has 0 bridgehead atoms. The van der Waals surface area contributed by atoms with Crippen molar-refractivity contribution in [3.05, 3.63) is 27.1 Å². The number of ether oxygens (including phenoxy) is 1. The van der Waals surface area contributed by atoms with Crippen LogP contribution in [0.25, 0.3) is 0 Å². The Morgan fingerprint density at radius 2 is 1.95 bits per heavy atom. The molecule has 1 fully saturated rings. The van der Waals surface area contributed by atoms with Gasteiger partial charge in [-0.15, -0.1) is 0 Å². The maximum Gasteiger partial charge on any atom is 0.241 e. The Kier molecular flexibility index (Phi) is 5.64. The van der Waals surface area contributed by atoms with Crippen molar-refractivity contribution in [2.24, 2.45) is 5.92 Å². The van der Waals surface area contributed by atoms with E-state index in [-0.39, 0.29) is 10.9 Å². The molecule has 1 unspecified atom stereocenters. The molecule has 1 aromatic carbocycles. The summed E-state index contributed by atoms with van der Waals surface area (Å²) in [5, 5.41) is 0.